The molecule has 3 heteroatoms. The van der Waals surface area contributed by atoms with Crippen molar-refractivity contribution in [2.45, 2.75) is 39.5 Å². The van der Waals surface area contributed by atoms with Gasteiger partial charge in [-0.2, -0.15) is 0 Å². The Morgan fingerprint density at radius 2 is 1.75 bits per heavy atom. The highest BCUT2D eigenvalue weighted by Gasteiger charge is 2.18. The van der Waals surface area contributed by atoms with Gasteiger partial charge in [-0.05, 0) is 35.1 Å². The fourth-order valence-corrected chi connectivity index (χ4v) is 3.19. The van der Waals surface area contributed by atoms with E-state index < -0.39 is 0 Å². The van der Waals surface area contributed by atoms with Gasteiger partial charge >= 0.3 is 0 Å². The van der Waals surface area contributed by atoms with Crippen LogP contribution < -0.4 is 0 Å². The second-order valence-corrected chi connectivity index (χ2v) is 7.30. The van der Waals surface area contributed by atoms with Crippen molar-refractivity contribution < 1.29 is 4.79 Å². The number of halogens is 1. The molecule has 2 aromatic rings. The Morgan fingerprint density at radius 1 is 1.05 bits per heavy atom. The number of benzene rings is 1. The summed E-state index contributed by atoms with van der Waals surface area (Å²) in [5, 5.41) is 0. The highest BCUT2D eigenvalue weighted by molar-refractivity contribution is 7.18. The first-order valence-corrected chi connectivity index (χ1v) is 8.03. The van der Waals surface area contributed by atoms with Crippen LogP contribution in [0.4, 0.5) is 0 Å². The van der Waals surface area contributed by atoms with Crippen LogP contribution >= 0.6 is 22.9 Å². The topological polar surface area (TPSA) is 17.1 Å². The molecule has 0 aliphatic heterocycles. The Balaban J connectivity index is 2.48. The molecule has 0 amide bonds. The molecule has 0 N–H and O–H groups in total. The first kappa shape index (κ1) is 15.3. The fourth-order valence-electron chi connectivity index (χ4n) is 2.19. The van der Waals surface area contributed by atoms with Crippen molar-refractivity contribution in [3.8, 4) is 0 Å². The lowest BCUT2D eigenvalue weighted by molar-refractivity contribution is 0.104. The van der Waals surface area contributed by atoms with Crippen LogP contribution in [-0.2, 0) is 0 Å². The standard InChI is InChI=1S/C17H19ClOS/c1-10(2)12-5-6-13(14(9-12)11(3)4)17(19)15-7-8-16(18)20-15/h5-11H,1-4H3. The lowest BCUT2D eigenvalue weighted by Crippen LogP contribution is -2.06. The average molecular weight is 307 g/mol. The van der Waals surface area contributed by atoms with Crippen LogP contribution in [0.3, 0.4) is 0 Å². The lowest BCUT2D eigenvalue weighted by Gasteiger charge is -2.15. The third-order valence-electron chi connectivity index (χ3n) is 3.41. The Bertz CT molecular complexity index is 626. The molecule has 0 atom stereocenters. The molecule has 0 aliphatic carbocycles. The molecule has 1 aromatic heterocycles. The van der Waals surface area contributed by atoms with E-state index >= 15 is 0 Å². The fraction of sp³-hybridized carbons (Fsp3) is 0.353. The van der Waals surface area contributed by atoms with Crippen LogP contribution in [0, 0.1) is 0 Å². The highest BCUT2D eigenvalue weighted by Crippen LogP contribution is 2.29. The largest absolute Gasteiger partial charge is 0.288 e. The summed E-state index contributed by atoms with van der Waals surface area (Å²) in [5.74, 6) is 0.858. The van der Waals surface area contributed by atoms with Gasteiger partial charge < -0.3 is 0 Å². The molecule has 106 valence electrons. The predicted octanol–water partition coefficient (Wildman–Crippen LogP) is 5.88. The zero-order chi connectivity index (χ0) is 14.9. The number of thiophene rings is 1. The van der Waals surface area contributed by atoms with E-state index in [9.17, 15) is 4.79 Å². The quantitative estimate of drug-likeness (QED) is 0.645. The van der Waals surface area contributed by atoms with Gasteiger partial charge in [-0.25, -0.2) is 0 Å². The molecule has 0 radical (unpaired) electrons. The molecule has 0 fully saturated rings. The maximum Gasteiger partial charge on any atom is 0.203 e. The molecular weight excluding hydrogens is 288 g/mol. The van der Waals surface area contributed by atoms with Gasteiger partial charge in [0.15, 0.2) is 0 Å². The van der Waals surface area contributed by atoms with E-state index in [1.165, 1.54) is 16.9 Å². The molecular formula is C17H19ClOS. The second kappa shape index (κ2) is 6.11. The smallest absolute Gasteiger partial charge is 0.203 e. The Kier molecular flexibility index (Phi) is 4.66. The van der Waals surface area contributed by atoms with Gasteiger partial charge in [-0.1, -0.05) is 57.5 Å². The van der Waals surface area contributed by atoms with Gasteiger partial charge in [0.25, 0.3) is 0 Å². The minimum atomic E-state index is 0.0703. The van der Waals surface area contributed by atoms with Crippen LogP contribution in [0.15, 0.2) is 30.3 Å². The van der Waals surface area contributed by atoms with E-state index in [1.54, 1.807) is 12.1 Å². The van der Waals surface area contributed by atoms with Crippen molar-refractivity contribution in [2.75, 3.05) is 0 Å². The third kappa shape index (κ3) is 3.13. The van der Waals surface area contributed by atoms with Gasteiger partial charge in [0.05, 0.1) is 9.21 Å². The van der Waals surface area contributed by atoms with Crippen molar-refractivity contribution in [3.63, 3.8) is 0 Å². The maximum absolute atomic E-state index is 12.6. The van der Waals surface area contributed by atoms with Crippen molar-refractivity contribution in [2.24, 2.45) is 0 Å². The van der Waals surface area contributed by atoms with Crippen LogP contribution in [0.2, 0.25) is 4.34 Å². The molecule has 2 rings (SSSR count). The summed E-state index contributed by atoms with van der Waals surface area (Å²) < 4.78 is 0.651. The minimum Gasteiger partial charge on any atom is -0.288 e. The highest BCUT2D eigenvalue weighted by atomic mass is 35.5. The molecule has 0 saturated carbocycles. The first-order valence-electron chi connectivity index (χ1n) is 6.84. The summed E-state index contributed by atoms with van der Waals surface area (Å²) in [4.78, 5) is 13.3. The Morgan fingerprint density at radius 3 is 2.25 bits per heavy atom. The van der Waals surface area contributed by atoms with E-state index in [-0.39, 0.29) is 5.78 Å². The van der Waals surface area contributed by atoms with Crippen LogP contribution in [-0.4, -0.2) is 5.78 Å². The summed E-state index contributed by atoms with van der Waals surface area (Å²) >= 11 is 7.26. The van der Waals surface area contributed by atoms with E-state index in [4.69, 9.17) is 11.6 Å². The van der Waals surface area contributed by atoms with Gasteiger partial charge in [0.1, 0.15) is 0 Å². The Labute approximate surface area is 129 Å². The van der Waals surface area contributed by atoms with Gasteiger partial charge in [0.2, 0.25) is 5.78 Å². The number of rotatable bonds is 4. The van der Waals surface area contributed by atoms with Crippen molar-refractivity contribution in [3.05, 3.63) is 56.2 Å². The third-order valence-corrected chi connectivity index (χ3v) is 4.64. The molecule has 1 nitrogen and oxygen atoms in total. The number of carbonyl (C=O) groups excluding carboxylic acids is 1. The summed E-state index contributed by atoms with van der Waals surface area (Å²) in [6.45, 7) is 8.58. The van der Waals surface area contributed by atoms with Crippen molar-refractivity contribution in [1.29, 1.82) is 0 Å². The molecule has 0 spiro atoms. The molecule has 0 bridgehead atoms. The summed E-state index contributed by atoms with van der Waals surface area (Å²) in [6, 6.07) is 9.75. The van der Waals surface area contributed by atoms with E-state index in [1.807, 2.05) is 6.07 Å². The number of ketones is 1. The zero-order valence-corrected chi connectivity index (χ0v) is 13.8. The molecule has 1 aromatic carbocycles. The van der Waals surface area contributed by atoms with Crippen molar-refractivity contribution >= 4 is 28.7 Å². The van der Waals surface area contributed by atoms with Crippen LogP contribution in [0.1, 0.15) is 65.9 Å². The molecule has 0 unspecified atom stereocenters. The number of hydrogen-bond donors (Lipinski definition) is 0. The first-order chi connectivity index (χ1) is 9.40. The molecule has 20 heavy (non-hydrogen) atoms. The van der Waals surface area contributed by atoms with E-state index in [0.29, 0.717) is 21.0 Å². The van der Waals surface area contributed by atoms with Crippen molar-refractivity contribution in [1.82, 2.24) is 0 Å². The molecule has 0 aliphatic rings. The summed E-state index contributed by atoms with van der Waals surface area (Å²) in [6.07, 6.45) is 0. The maximum atomic E-state index is 12.6. The predicted molar refractivity (Wildman–Crippen MR) is 87.4 cm³/mol. The van der Waals surface area contributed by atoms with Gasteiger partial charge in [-0.15, -0.1) is 11.3 Å². The lowest BCUT2D eigenvalue weighted by atomic mass is 9.89. The zero-order valence-electron chi connectivity index (χ0n) is 12.2. The molecule has 1 heterocycles. The summed E-state index contributed by atoms with van der Waals surface area (Å²) in [5.41, 5.74) is 3.18. The normalized spacial score (nSPS) is 11.3. The van der Waals surface area contributed by atoms with Gasteiger partial charge in [-0.3, -0.25) is 4.79 Å². The van der Waals surface area contributed by atoms with E-state index in [2.05, 4.69) is 39.8 Å². The number of carbonyl (C=O) groups is 1. The van der Waals surface area contributed by atoms with Crippen LogP contribution in [0.25, 0.3) is 0 Å². The van der Waals surface area contributed by atoms with Crippen LogP contribution in [0.5, 0.6) is 0 Å². The van der Waals surface area contributed by atoms with E-state index in [0.717, 1.165) is 11.1 Å². The summed E-state index contributed by atoms with van der Waals surface area (Å²) in [7, 11) is 0. The van der Waals surface area contributed by atoms with Gasteiger partial charge in [0, 0.05) is 5.56 Å². The average Bonchev–Trinajstić information content (AvgIpc) is 2.83. The second-order valence-electron chi connectivity index (χ2n) is 5.59. The molecule has 0 saturated heterocycles. The SMILES string of the molecule is CC(C)c1ccc(C(=O)c2ccc(Cl)s2)c(C(C)C)c1. The Hall–Kier alpha value is -1.12. The minimum absolute atomic E-state index is 0.0703. The monoisotopic (exact) mass is 306 g/mol. The number of hydrogen-bond acceptors (Lipinski definition) is 2.